The van der Waals surface area contributed by atoms with Gasteiger partial charge in [-0.3, -0.25) is 9.88 Å². The van der Waals surface area contributed by atoms with E-state index >= 15 is 0 Å². The second-order valence-corrected chi connectivity index (χ2v) is 7.86. The first-order valence-corrected chi connectivity index (χ1v) is 10.2. The summed E-state index contributed by atoms with van der Waals surface area (Å²) in [4.78, 5) is 15.4. The first-order valence-electron chi connectivity index (χ1n) is 9.29. The van der Waals surface area contributed by atoms with E-state index in [2.05, 4.69) is 32.3 Å². The first kappa shape index (κ1) is 16.9. The Balaban J connectivity index is 1.29. The fourth-order valence-electron chi connectivity index (χ4n) is 3.69. The van der Waals surface area contributed by atoms with Crippen molar-refractivity contribution in [3.63, 3.8) is 0 Å². The summed E-state index contributed by atoms with van der Waals surface area (Å²) in [7, 11) is 0. The molecule has 2 fully saturated rings. The maximum atomic E-state index is 5.43. The third kappa shape index (κ3) is 4.37. The molecular weight excluding hydrogens is 332 g/mol. The third-order valence-electron chi connectivity index (χ3n) is 5.29. The minimum Gasteiger partial charge on any atom is -0.379 e. The van der Waals surface area contributed by atoms with Crippen molar-refractivity contribution in [2.45, 2.75) is 19.3 Å². The zero-order valence-corrected chi connectivity index (χ0v) is 15.5. The van der Waals surface area contributed by atoms with Crippen LogP contribution in [0.3, 0.4) is 0 Å². The van der Waals surface area contributed by atoms with Gasteiger partial charge in [0.05, 0.1) is 30.5 Å². The van der Waals surface area contributed by atoms with Gasteiger partial charge < -0.3 is 9.64 Å². The van der Waals surface area contributed by atoms with Gasteiger partial charge in [-0.1, -0.05) is 6.07 Å². The summed E-state index contributed by atoms with van der Waals surface area (Å²) in [6.07, 6.45) is 7.61. The molecule has 2 aromatic rings. The number of ether oxygens (including phenoxy) is 1. The topological polar surface area (TPSA) is 41.5 Å². The molecule has 0 unspecified atom stereocenters. The van der Waals surface area contributed by atoms with Gasteiger partial charge in [0, 0.05) is 26.2 Å². The number of hydrogen-bond donors (Lipinski definition) is 0. The largest absolute Gasteiger partial charge is 0.379 e. The molecule has 2 saturated heterocycles. The highest BCUT2D eigenvalue weighted by Gasteiger charge is 2.22. The van der Waals surface area contributed by atoms with E-state index in [9.17, 15) is 0 Å². The monoisotopic (exact) mass is 358 g/mol. The van der Waals surface area contributed by atoms with Crippen molar-refractivity contribution in [2.75, 3.05) is 50.8 Å². The summed E-state index contributed by atoms with van der Waals surface area (Å²) in [5, 5.41) is 2.09. The van der Waals surface area contributed by atoms with E-state index < -0.39 is 0 Å². The zero-order chi connectivity index (χ0) is 16.9. The van der Waals surface area contributed by atoms with Crippen LogP contribution in [-0.2, 0) is 4.74 Å². The number of aromatic nitrogens is 2. The predicted octanol–water partition coefficient (Wildman–Crippen LogP) is 3.14. The predicted molar refractivity (Wildman–Crippen MR) is 102 cm³/mol. The standard InChI is InChI=1S/C19H26N4OS/c1-2-18(25-13-1)17-14-20-15-19(21-17)23-7-4-16(5-8-23)3-6-22-9-11-24-12-10-22/h1-2,13-16H,3-12H2. The maximum absolute atomic E-state index is 5.43. The molecule has 0 saturated carbocycles. The van der Waals surface area contributed by atoms with E-state index in [1.807, 2.05) is 12.4 Å². The van der Waals surface area contributed by atoms with Crippen LogP contribution in [0.1, 0.15) is 19.3 Å². The quantitative estimate of drug-likeness (QED) is 0.821. The van der Waals surface area contributed by atoms with Crippen LogP contribution in [0.25, 0.3) is 10.6 Å². The number of anilines is 1. The number of morpholine rings is 1. The van der Waals surface area contributed by atoms with Gasteiger partial charge in [0.1, 0.15) is 11.5 Å². The Morgan fingerprint density at radius 3 is 2.72 bits per heavy atom. The lowest BCUT2D eigenvalue weighted by atomic mass is 9.93. The van der Waals surface area contributed by atoms with Gasteiger partial charge in [-0.15, -0.1) is 11.3 Å². The van der Waals surface area contributed by atoms with E-state index in [1.54, 1.807) is 11.3 Å². The molecule has 2 aliphatic heterocycles. The molecule has 134 valence electrons. The highest BCUT2D eigenvalue weighted by atomic mass is 32.1. The highest BCUT2D eigenvalue weighted by Crippen LogP contribution is 2.27. The molecule has 4 heterocycles. The number of thiophene rings is 1. The van der Waals surface area contributed by atoms with Crippen LogP contribution in [-0.4, -0.2) is 60.8 Å². The van der Waals surface area contributed by atoms with Crippen molar-refractivity contribution in [1.82, 2.24) is 14.9 Å². The molecule has 0 amide bonds. The molecule has 2 aromatic heterocycles. The lowest BCUT2D eigenvalue weighted by molar-refractivity contribution is 0.0349. The fourth-order valence-corrected chi connectivity index (χ4v) is 4.37. The molecule has 0 atom stereocenters. The molecule has 2 aliphatic rings. The average Bonchev–Trinajstić information content (AvgIpc) is 3.23. The molecule has 0 radical (unpaired) electrons. The summed E-state index contributed by atoms with van der Waals surface area (Å²) >= 11 is 1.72. The molecule has 0 bridgehead atoms. The summed E-state index contributed by atoms with van der Waals surface area (Å²) in [5.41, 5.74) is 0.988. The lowest BCUT2D eigenvalue weighted by Gasteiger charge is -2.34. The van der Waals surface area contributed by atoms with E-state index in [0.717, 1.165) is 56.8 Å². The maximum Gasteiger partial charge on any atom is 0.147 e. The van der Waals surface area contributed by atoms with Gasteiger partial charge in [0.15, 0.2) is 0 Å². The molecule has 25 heavy (non-hydrogen) atoms. The molecule has 0 spiro atoms. The smallest absolute Gasteiger partial charge is 0.147 e. The van der Waals surface area contributed by atoms with Crippen molar-refractivity contribution in [1.29, 1.82) is 0 Å². The van der Waals surface area contributed by atoms with Crippen LogP contribution in [0, 0.1) is 5.92 Å². The molecule has 0 aromatic carbocycles. The van der Waals surface area contributed by atoms with E-state index in [4.69, 9.17) is 9.72 Å². The lowest BCUT2D eigenvalue weighted by Crippen LogP contribution is -2.39. The molecule has 4 rings (SSSR count). The SMILES string of the molecule is c1csc(-c2cncc(N3CCC(CCN4CCOCC4)CC3)n2)c1. The summed E-state index contributed by atoms with van der Waals surface area (Å²) in [5.74, 6) is 1.87. The van der Waals surface area contributed by atoms with Crippen LogP contribution in [0.2, 0.25) is 0 Å². The Kier molecular flexibility index (Phi) is 5.59. The van der Waals surface area contributed by atoms with Gasteiger partial charge in [-0.2, -0.15) is 0 Å². The van der Waals surface area contributed by atoms with Crippen molar-refractivity contribution in [3.8, 4) is 10.6 Å². The third-order valence-corrected chi connectivity index (χ3v) is 6.18. The summed E-state index contributed by atoms with van der Waals surface area (Å²) < 4.78 is 5.43. The Morgan fingerprint density at radius 2 is 1.96 bits per heavy atom. The van der Waals surface area contributed by atoms with E-state index in [-0.39, 0.29) is 0 Å². The minimum absolute atomic E-state index is 0.840. The zero-order valence-electron chi connectivity index (χ0n) is 14.6. The Morgan fingerprint density at radius 1 is 1.12 bits per heavy atom. The van der Waals surface area contributed by atoms with Crippen LogP contribution >= 0.6 is 11.3 Å². The molecular formula is C19H26N4OS. The number of nitrogens with zero attached hydrogens (tertiary/aromatic N) is 4. The summed E-state index contributed by atoms with van der Waals surface area (Å²) in [6, 6.07) is 4.17. The van der Waals surface area contributed by atoms with Gasteiger partial charge in [-0.05, 0) is 43.2 Å². The Hall–Kier alpha value is -1.50. The van der Waals surface area contributed by atoms with Crippen molar-refractivity contribution in [3.05, 3.63) is 29.9 Å². The summed E-state index contributed by atoms with van der Waals surface area (Å²) in [6.45, 7) is 7.41. The first-order chi connectivity index (χ1) is 12.4. The van der Waals surface area contributed by atoms with Crippen LogP contribution in [0.15, 0.2) is 29.9 Å². The number of rotatable bonds is 5. The van der Waals surface area contributed by atoms with Crippen molar-refractivity contribution in [2.24, 2.45) is 5.92 Å². The van der Waals surface area contributed by atoms with Gasteiger partial charge >= 0.3 is 0 Å². The normalized spacial score (nSPS) is 20.1. The Labute approximate surface area is 153 Å². The van der Waals surface area contributed by atoms with Gasteiger partial charge in [0.2, 0.25) is 0 Å². The second-order valence-electron chi connectivity index (χ2n) is 6.91. The average molecular weight is 359 g/mol. The molecule has 6 heteroatoms. The van der Waals surface area contributed by atoms with Crippen LogP contribution in [0.5, 0.6) is 0 Å². The van der Waals surface area contributed by atoms with E-state index in [0.29, 0.717) is 0 Å². The van der Waals surface area contributed by atoms with Crippen molar-refractivity contribution < 1.29 is 4.74 Å². The molecule has 0 aliphatic carbocycles. The molecule has 5 nitrogen and oxygen atoms in total. The Bertz CT molecular complexity index is 649. The number of piperidine rings is 1. The number of hydrogen-bond acceptors (Lipinski definition) is 6. The second kappa shape index (κ2) is 8.25. The fraction of sp³-hybridized carbons (Fsp3) is 0.579. The highest BCUT2D eigenvalue weighted by molar-refractivity contribution is 7.13. The van der Waals surface area contributed by atoms with Gasteiger partial charge in [-0.25, -0.2) is 4.98 Å². The van der Waals surface area contributed by atoms with Gasteiger partial charge in [0.25, 0.3) is 0 Å². The van der Waals surface area contributed by atoms with E-state index in [1.165, 1.54) is 30.7 Å². The van der Waals surface area contributed by atoms with Crippen LogP contribution in [0.4, 0.5) is 5.82 Å². The minimum atomic E-state index is 0.840. The molecule has 0 N–H and O–H groups in total. The van der Waals surface area contributed by atoms with Crippen LogP contribution < -0.4 is 4.90 Å². The van der Waals surface area contributed by atoms with Crippen molar-refractivity contribution >= 4 is 17.2 Å².